The Balaban J connectivity index is 1.54. The van der Waals surface area contributed by atoms with Crippen molar-refractivity contribution in [3.63, 3.8) is 0 Å². The lowest BCUT2D eigenvalue weighted by atomic mass is 9.87. The second-order valence-corrected chi connectivity index (χ2v) is 8.40. The number of aliphatic hydroxyl groups is 2. The van der Waals surface area contributed by atoms with Crippen molar-refractivity contribution in [1.29, 1.82) is 0 Å². The molecular formula is C25H22O10. The van der Waals surface area contributed by atoms with Gasteiger partial charge in [-0.05, 0) is 35.4 Å². The molecule has 10 heteroatoms. The first-order valence-electron chi connectivity index (χ1n) is 10.7. The number of phenolic OH excluding ortho intramolecular Hbond substituents is 4. The molecule has 0 spiro atoms. The predicted octanol–water partition coefficient (Wildman–Crippen LogP) is 2.40. The van der Waals surface area contributed by atoms with E-state index in [1.165, 1.54) is 19.2 Å². The maximum absolute atomic E-state index is 12.8. The molecule has 35 heavy (non-hydrogen) atoms. The number of aliphatic hydroxyl groups excluding tert-OH is 2. The van der Waals surface area contributed by atoms with Gasteiger partial charge in [0.1, 0.15) is 28.9 Å². The van der Waals surface area contributed by atoms with Crippen LogP contribution in [0.4, 0.5) is 0 Å². The van der Waals surface area contributed by atoms with E-state index in [1.807, 2.05) is 0 Å². The van der Waals surface area contributed by atoms with E-state index < -0.39 is 35.8 Å². The van der Waals surface area contributed by atoms with E-state index in [2.05, 4.69) is 0 Å². The molecule has 6 N–H and O–H groups in total. The fourth-order valence-corrected chi connectivity index (χ4v) is 4.63. The summed E-state index contributed by atoms with van der Waals surface area (Å²) in [6, 6.07) is 9.56. The lowest BCUT2D eigenvalue weighted by Gasteiger charge is -2.30. The largest absolute Gasteiger partial charge is 0.508 e. The Hall–Kier alpha value is -4.15. The van der Waals surface area contributed by atoms with Crippen LogP contribution >= 0.6 is 0 Å². The average molecular weight is 482 g/mol. The van der Waals surface area contributed by atoms with Gasteiger partial charge in [0.2, 0.25) is 5.78 Å². The molecule has 0 unspecified atom stereocenters. The summed E-state index contributed by atoms with van der Waals surface area (Å²) in [4.78, 5) is 12.8. The van der Waals surface area contributed by atoms with Gasteiger partial charge in [0, 0.05) is 17.7 Å². The summed E-state index contributed by atoms with van der Waals surface area (Å²) in [7, 11) is 1.40. The first kappa shape index (κ1) is 22.6. The topological polar surface area (TPSA) is 166 Å². The molecule has 0 saturated carbocycles. The lowest BCUT2D eigenvalue weighted by Crippen LogP contribution is -2.36. The average Bonchev–Trinajstić information content (AvgIpc) is 3.20. The van der Waals surface area contributed by atoms with Gasteiger partial charge in [0.15, 0.2) is 35.2 Å². The van der Waals surface area contributed by atoms with Crippen molar-refractivity contribution in [2.24, 2.45) is 0 Å². The molecule has 2 aliphatic rings. The van der Waals surface area contributed by atoms with E-state index in [9.17, 15) is 35.4 Å². The molecule has 0 saturated heterocycles. The number of Topliss-reactive ketones (excluding diaryl/α,β-unsaturated/α-hetero) is 1. The molecule has 182 valence electrons. The Bertz CT molecular complexity index is 1330. The number of benzene rings is 3. The number of methoxy groups -OCH3 is 1. The zero-order valence-corrected chi connectivity index (χ0v) is 18.4. The standard InChI is InChI=1S/C25H22O10/c1-33-18-6-10(2-3-15(18)28)23-14(9-26)13-4-11(5-17(30)25(13)35-23)24-22(32)21(31)20-16(29)7-12(27)8-19(20)34-24/h2-8,14,22-24,26-30,32H,9H2,1H3/t14-,22+,23+,24-/m1/s1. The van der Waals surface area contributed by atoms with Crippen LogP contribution in [0.1, 0.15) is 45.2 Å². The Labute approximate surface area is 198 Å². The summed E-state index contributed by atoms with van der Waals surface area (Å²) < 4.78 is 16.9. The second kappa shape index (κ2) is 8.26. The summed E-state index contributed by atoms with van der Waals surface area (Å²) in [5.41, 5.74) is 0.976. The van der Waals surface area contributed by atoms with Crippen LogP contribution in [0.25, 0.3) is 0 Å². The van der Waals surface area contributed by atoms with Gasteiger partial charge in [-0.25, -0.2) is 0 Å². The summed E-state index contributed by atoms with van der Waals surface area (Å²) in [6.07, 6.45) is -3.69. The van der Waals surface area contributed by atoms with Gasteiger partial charge >= 0.3 is 0 Å². The van der Waals surface area contributed by atoms with Crippen LogP contribution in [0.2, 0.25) is 0 Å². The van der Waals surface area contributed by atoms with Crippen LogP contribution in [0.3, 0.4) is 0 Å². The van der Waals surface area contributed by atoms with Crippen molar-refractivity contribution in [3.05, 3.63) is 64.7 Å². The molecule has 5 rings (SSSR count). The SMILES string of the molecule is COc1cc([C@@H]2Oc3c(O)cc([C@H]4Oc5cc(O)cc(O)c5C(=O)[C@@H]4O)cc3[C@H]2CO)ccc1O. The highest BCUT2D eigenvalue weighted by Gasteiger charge is 2.42. The molecule has 3 aromatic rings. The smallest absolute Gasteiger partial charge is 0.202 e. The zero-order chi connectivity index (χ0) is 25.0. The predicted molar refractivity (Wildman–Crippen MR) is 119 cm³/mol. The highest BCUT2D eigenvalue weighted by Crippen LogP contribution is 2.52. The highest BCUT2D eigenvalue weighted by atomic mass is 16.5. The lowest BCUT2D eigenvalue weighted by molar-refractivity contribution is 0.0209. The van der Waals surface area contributed by atoms with Crippen molar-refractivity contribution >= 4 is 5.78 Å². The van der Waals surface area contributed by atoms with Crippen LogP contribution in [0.5, 0.6) is 40.2 Å². The number of carbonyl (C=O) groups is 1. The van der Waals surface area contributed by atoms with Crippen LogP contribution < -0.4 is 14.2 Å². The normalized spacial score (nSPS) is 22.7. The third-order valence-corrected chi connectivity index (χ3v) is 6.31. The second-order valence-electron chi connectivity index (χ2n) is 8.40. The van der Waals surface area contributed by atoms with E-state index in [4.69, 9.17) is 14.2 Å². The summed E-state index contributed by atoms with van der Waals surface area (Å²) >= 11 is 0. The molecule has 0 aromatic heterocycles. The highest BCUT2D eigenvalue weighted by molar-refractivity contribution is 6.05. The molecule has 4 atom stereocenters. The minimum absolute atomic E-state index is 0.0668. The van der Waals surface area contributed by atoms with Gasteiger partial charge < -0.3 is 44.8 Å². The number of hydrogen-bond acceptors (Lipinski definition) is 10. The number of fused-ring (bicyclic) bond motifs is 2. The molecule has 0 fully saturated rings. The van der Waals surface area contributed by atoms with Crippen LogP contribution in [0.15, 0.2) is 42.5 Å². The first-order valence-corrected chi connectivity index (χ1v) is 10.7. The monoisotopic (exact) mass is 482 g/mol. The van der Waals surface area contributed by atoms with Crippen molar-refractivity contribution in [2.75, 3.05) is 13.7 Å². The summed E-state index contributed by atoms with van der Waals surface area (Å²) in [6.45, 7) is -0.360. The van der Waals surface area contributed by atoms with Crippen molar-refractivity contribution in [1.82, 2.24) is 0 Å². The number of carbonyl (C=O) groups excluding carboxylic acids is 1. The fourth-order valence-electron chi connectivity index (χ4n) is 4.63. The van der Waals surface area contributed by atoms with Gasteiger partial charge in [-0.15, -0.1) is 0 Å². The summed E-state index contributed by atoms with van der Waals surface area (Å²) in [5, 5.41) is 61.3. The Morgan fingerprint density at radius 2 is 1.66 bits per heavy atom. The number of ketones is 1. The molecule has 0 radical (unpaired) electrons. The molecule has 2 heterocycles. The van der Waals surface area contributed by atoms with E-state index in [0.29, 0.717) is 11.1 Å². The van der Waals surface area contributed by atoms with Gasteiger partial charge in [-0.2, -0.15) is 0 Å². The molecule has 0 amide bonds. The van der Waals surface area contributed by atoms with Crippen molar-refractivity contribution in [2.45, 2.75) is 24.2 Å². The van der Waals surface area contributed by atoms with Crippen molar-refractivity contribution < 1.29 is 49.6 Å². The maximum Gasteiger partial charge on any atom is 0.202 e. The van der Waals surface area contributed by atoms with Gasteiger partial charge in [0.25, 0.3) is 0 Å². The zero-order valence-electron chi connectivity index (χ0n) is 18.4. The van der Waals surface area contributed by atoms with Crippen LogP contribution in [-0.2, 0) is 0 Å². The fraction of sp³-hybridized carbons (Fsp3) is 0.240. The van der Waals surface area contributed by atoms with Gasteiger partial charge in [-0.3, -0.25) is 4.79 Å². The Morgan fingerprint density at radius 1 is 0.886 bits per heavy atom. The minimum atomic E-state index is -1.71. The van der Waals surface area contributed by atoms with E-state index in [1.54, 1.807) is 18.2 Å². The number of phenols is 4. The molecule has 10 nitrogen and oxygen atoms in total. The number of aromatic hydroxyl groups is 4. The quantitative estimate of drug-likeness (QED) is 0.325. The molecule has 0 bridgehead atoms. The number of rotatable bonds is 4. The van der Waals surface area contributed by atoms with Gasteiger partial charge in [0.05, 0.1) is 19.6 Å². The number of ether oxygens (including phenoxy) is 3. The van der Waals surface area contributed by atoms with E-state index >= 15 is 0 Å². The maximum atomic E-state index is 12.8. The molecular weight excluding hydrogens is 460 g/mol. The molecule has 0 aliphatic carbocycles. The molecule has 3 aromatic carbocycles. The first-order chi connectivity index (χ1) is 16.7. The van der Waals surface area contributed by atoms with Crippen LogP contribution in [0, 0.1) is 0 Å². The third kappa shape index (κ3) is 3.54. The minimum Gasteiger partial charge on any atom is -0.508 e. The Morgan fingerprint density at radius 3 is 2.37 bits per heavy atom. The van der Waals surface area contributed by atoms with Crippen molar-refractivity contribution in [3.8, 4) is 40.2 Å². The molecule has 2 aliphatic heterocycles. The third-order valence-electron chi connectivity index (χ3n) is 6.31. The van der Waals surface area contributed by atoms with Crippen LogP contribution in [-0.4, -0.2) is 56.2 Å². The van der Waals surface area contributed by atoms with E-state index in [0.717, 1.165) is 12.1 Å². The summed E-state index contributed by atoms with van der Waals surface area (Å²) in [5.74, 6) is -2.45. The number of hydrogen-bond donors (Lipinski definition) is 6. The Kier molecular flexibility index (Phi) is 5.34. The van der Waals surface area contributed by atoms with E-state index in [-0.39, 0.29) is 52.2 Å². The van der Waals surface area contributed by atoms with Gasteiger partial charge in [-0.1, -0.05) is 6.07 Å².